The summed E-state index contributed by atoms with van der Waals surface area (Å²) in [6, 6.07) is 0.548. The van der Waals surface area contributed by atoms with E-state index in [2.05, 4.69) is 25.7 Å². The maximum absolute atomic E-state index is 12.7. The molecule has 0 bridgehead atoms. The number of alkyl halides is 6. The quantitative estimate of drug-likeness (QED) is 0.436. The van der Waals surface area contributed by atoms with E-state index in [1.54, 1.807) is 0 Å². The van der Waals surface area contributed by atoms with Crippen LogP contribution in [0.5, 0.6) is 5.88 Å². The zero-order chi connectivity index (χ0) is 15.7. The predicted molar refractivity (Wildman–Crippen MR) is 61.5 cm³/mol. The molecule has 0 spiro atoms. The van der Waals surface area contributed by atoms with Crippen molar-refractivity contribution >= 4 is 35.7 Å². The molecule has 0 fully saturated rings. The summed E-state index contributed by atoms with van der Waals surface area (Å²) < 4.78 is 87.4. The standard InChI is InChI=1S/C8H4BrClF5NO3S/c9-2-3-1-4(20(10,17)18)5(6(11)12)16-7(3)19-8(13,14)15/h1,6H,2H2. The first kappa shape index (κ1) is 17.4. The SMILES string of the molecule is O=S(=O)(Cl)c1cc(CBr)c(OC(F)(F)F)nc1C(F)F. The molecule has 1 aromatic rings. The third-order valence-electron chi connectivity index (χ3n) is 1.88. The molecule has 0 saturated carbocycles. The Morgan fingerprint density at radius 3 is 2.30 bits per heavy atom. The molecule has 0 saturated heterocycles. The van der Waals surface area contributed by atoms with Gasteiger partial charge in [-0.1, -0.05) is 15.9 Å². The Hall–Kier alpha value is -0.680. The van der Waals surface area contributed by atoms with E-state index in [4.69, 9.17) is 10.7 Å². The number of ether oxygens (including phenoxy) is 1. The van der Waals surface area contributed by atoms with Gasteiger partial charge in [-0.15, -0.1) is 13.2 Å². The largest absolute Gasteiger partial charge is 0.574 e. The fourth-order valence-corrected chi connectivity index (χ4v) is 2.62. The Kier molecular flexibility index (Phi) is 5.19. The zero-order valence-electron chi connectivity index (χ0n) is 9.09. The summed E-state index contributed by atoms with van der Waals surface area (Å²) in [6.07, 6.45) is -8.61. The number of aromatic nitrogens is 1. The summed E-state index contributed by atoms with van der Waals surface area (Å²) >= 11 is 2.77. The van der Waals surface area contributed by atoms with Crippen molar-refractivity contribution in [1.82, 2.24) is 4.98 Å². The molecule has 4 nitrogen and oxygen atoms in total. The lowest BCUT2D eigenvalue weighted by Gasteiger charge is -2.14. The van der Waals surface area contributed by atoms with Crippen LogP contribution in [0.4, 0.5) is 22.0 Å². The number of pyridine rings is 1. The highest BCUT2D eigenvalue weighted by Crippen LogP contribution is 2.34. The lowest BCUT2D eigenvalue weighted by atomic mass is 10.2. The van der Waals surface area contributed by atoms with Crippen molar-refractivity contribution in [3.63, 3.8) is 0 Å². The van der Waals surface area contributed by atoms with Crippen molar-refractivity contribution in [2.24, 2.45) is 0 Å². The lowest BCUT2D eigenvalue weighted by molar-refractivity contribution is -0.276. The lowest BCUT2D eigenvalue weighted by Crippen LogP contribution is -2.20. The fraction of sp³-hybridized carbons (Fsp3) is 0.375. The van der Waals surface area contributed by atoms with E-state index in [1.807, 2.05) is 0 Å². The van der Waals surface area contributed by atoms with Crippen LogP contribution in [-0.4, -0.2) is 19.8 Å². The molecule has 1 heterocycles. The zero-order valence-corrected chi connectivity index (χ0v) is 12.2. The molecule has 1 aromatic heterocycles. The second kappa shape index (κ2) is 5.98. The van der Waals surface area contributed by atoms with Crippen molar-refractivity contribution in [1.29, 1.82) is 0 Å². The molecule has 0 unspecified atom stereocenters. The topological polar surface area (TPSA) is 56.3 Å². The van der Waals surface area contributed by atoms with Crippen LogP contribution in [0.15, 0.2) is 11.0 Å². The second-order valence-corrected chi connectivity index (χ2v) is 6.35. The van der Waals surface area contributed by atoms with Gasteiger partial charge in [0.15, 0.2) is 0 Å². The van der Waals surface area contributed by atoms with E-state index in [9.17, 15) is 30.4 Å². The number of hydrogen-bond acceptors (Lipinski definition) is 4. The van der Waals surface area contributed by atoms with E-state index in [0.29, 0.717) is 6.07 Å². The van der Waals surface area contributed by atoms with E-state index in [-0.39, 0.29) is 5.33 Å². The third-order valence-corrected chi connectivity index (χ3v) is 3.84. The molecule has 1 rings (SSSR count). The summed E-state index contributed by atoms with van der Waals surface area (Å²) in [4.78, 5) is 1.84. The van der Waals surface area contributed by atoms with Gasteiger partial charge in [-0.25, -0.2) is 22.2 Å². The Labute approximate surface area is 122 Å². The maximum atomic E-state index is 12.7. The fourth-order valence-electron chi connectivity index (χ4n) is 1.18. The number of nitrogens with zero attached hydrogens (tertiary/aromatic N) is 1. The highest BCUT2D eigenvalue weighted by atomic mass is 79.9. The minimum Gasteiger partial charge on any atom is -0.388 e. The molecule has 0 atom stereocenters. The van der Waals surface area contributed by atoms with Gasteiger partial charge in [0.1, 0.15) is 10.6 Å². The Morgan fingerprint density at radius 1 is 1.40 bits per heavy atom. The van der Waals surface area contributed by atoms with Gasteiger partial charge in [0.2, 0.25) is 5.88 Å². The highest BCUT2D eigenvalue weighted by Gasteiger charge is 2.35. The monoisotopic (exact) mass is 403 g/mol. The molecule has 0 N–H and O–H groups in total. The van der Waals surface area contributed by atoms with E-state index in [0.717, 1.165) is 0 Å². The smallest absolute Gasteiger partial charge is 0.388 e. The van der Waals surface area contributed by atoms with Gasteiger partial charge >= 0.3 is 6.36 Å². The molecule has 0 aliphatic carbocycles. The van der Waals surface area contributed by atoms with Gasteiger partial charge in [0, 0.05) is 21.6 Å². The van der Waals surface area contributed by atoms with Gasteiger partial charge < -0.3 is 4.74 Å². The van der Waals surface area contributed by atoms with Crippen LogP contribution in [0.1, 0.15) is 17.7 Å². The first-order valence-electron chi connectivity index (χ1n) is 4.54. The van der Waals surface area contributed by atoms with Gasteiger partial charge in [0.05, 0.1) is 0 Å². The summed E-state index contributed by atoms with van der Waals surface area (Å²) in [5.41, 5.74) is -1.81. The van der Waals surface area contributed by atoms with E-state index >= 15 is 0 Å². The minimum absolute atomic E-state index is 0.311. The first-order chi connectivity index (χ1) is 8.95. The van der Waals surface area contributed by atoms with Gasteiger partial charge in [-0.2, -0.15) is 0 Å². The highest BCUT2D eigenvalue weighted by molar-refractivity contribution is 9.08. The summed E-state index contributed by atoms with van der Waals surface area (Å²) in [6.45, 7) is 0. The van der Waals surface area contributed by atoms with Crippen LogP contribution in [-0.2, 0) is 14.4 Å². The van der Waals surface area contributed by atoms with Gasteiger partial charge in [-0.05, 0) is 6.07 Å². The molecule has 12 heteroatoms. The van der Waals surface area contributed by atoms with Gasteiger partial charge in [-0.3, -0.25) is 0 Å². The average molecular weight is 405 g/mol. The molecule has 0 aromatic carbocycles. The Bertz CT molecular complexity index is 607. The molecule has 0 radical (unpaired) electrons. The molecule has 114 valence electrons. The van der Waals surface area contributed by atoms with Crippen molar-refractivity contribution in [2.45, 2.75) is 23.0 Å². The molecular formula is C8H4BrClF5NO3S. The first-order valence-corrected chi connectivity index (χ1v) is 7.97. The van der Waals surface area contributed by atoms with Crippen LogP contribution >= 0.6 is 26.6 Å². The maximum Gasteiger partial charge on any atom is 0.574 e. The minimum atomic E-state index is -5.16. The van der Waals surface area contributed by atoms with Crippen molar-refractivity contribution in [2.75, 3.05) is 0 Å². The normalized spacial score (nSPS) is 12.8. The Balaban J connectivity index is 3.54. The summed E-state index contributed by atoms with van der Waals surface area (Å²) in [5, 5.41) is -0.311. The van der Waals surface area contributed by atoms with Crippen LogP contribution < -0.4 is 4.74 Å². The molecule has 0 aliphatic rings. The Morgan fingerprint density at radius 2 is 1.95 bits per heavy atom. The van der Waals surface area contributed by atoms with Crippen molar-refractivity contribution in [3.05, 3.63) is 17.3 Å². The van der Waals surface area contributed by atoms with E-state index < -0.39 is 43.9 Å². The molecular weight excluding hydrogens is 401 g/mol. The van der Waals surface area contributed by atoms with Crippen LogP contribution in [0, 0.1) is 0 Å². The number of halogens is 7. The van der Waals surface area contributed by atoms with Crippen LogP contribution in [0.2, 0.25) is 0 Å². The van der Waals surface area contributed by atoms with Crippen molar-refractivity contribution < 1.29 is 35.1 Å². The van der Waals surface area contributed by atoms with Crippen molar-refractivity contribution in [3.8, 4) is 5.88 Å². The molecule has 0 amide bonds. The van der Waals surface area contributed by atoms with Gasteiger partial charge in [0.25, 0.3) is 15.5 Å². The molecule has 20 heavy (non-hydrogen) atoms. The molecule has 0 aliphatic heterocycles. The average Bonchev–Trinajstić information content (AvgIpc) is 2.24. The number of hydrogen-bond donors (Lipinski definition) is 0. The summed E-state index contributed by atoms with van der Waals surface area (Å²) in [7, 11) is 0.343. The number of rotatable bonds is 4. The summed E-state index contributed by atoms with van der Waals surface area (Å²) in [5.74, 6) is -1.17. The van der Waals surface area contributed by atoms with Crippen LogP contribution in [0.3, 0.4) is 0 Å². The van der Waals surface area contributed by atoms with E-state index in [1.165, 1.54) is 0 Å². The predicted octanol–water partition coefficient (Wildman–Crippen LogP) is 3.74. The van der Waals surface area contributed by atoms with Crippen LogP contribution in [0.25, 0.3) is 0 Å². The second-order valence-electron chi connectivity index (χ2n) is 3.26. The third kappa shape index (κ3) is 4.42.